The van der Waals surface area contributed by atoms with Crippen LogP contribution in [-0.2, 0) is 9.59 Å². The van der Waals surface area contributed by atoms with Crippen molar-refractivity contribution >= 4 is 35.3 Å². The molecule has 0 saturated carbocycles. The summed E-state index contributed by atoms with van der Waals surface area (Å²) in [6.07, 6.45) is 5.22. The average molecular weight is 403 g/mol. The van der Waals surface area contributed by atoms with Gasteiger partial charge >= 0.3 is 6.03 Å². The van der Waals surface area contributed by atoms with Crippen molar-refractivity contribution in [3.05, 3.63) is 64.7 Å². The zero-order valence-electron chi connectivity index (χ0n) is 17.3. The number of piperidine rings is 1. The van der Waals surface area contributed by atoms with E-state index in [4.69, 9.17) is 0 Å². The summed E-state index contributed by atoms with van der Waals surface area (Å²) >= 11 is 0. The zero-order chi connectivity index (χ0) is 21.3. The van der Waals surface area contributed by atoms with Crippen LogP contribution >= 0.6 is 0 Å². The van der Waals surface area contributed by atoms with Crippen LogP contribution in [-0.4, -0.2) is 30.9 Å². The van der Waals surface area contributed by atoms with Gasteiger partial charge < -0.3 is 4.90 Å². The zero-order valence-corrected chi connectivity index (χ0v) is 17.3. The van der Waals surface area contributed by atoms with Crippen molar-refractivity contribution in [3.8, 4) is 0 Å². The molecule has 2 saturated heterocycles. The standard InChI is InChI=1S/C24H25N3O3/c1-16-6-9-19(10-7-16)27-23(29)20(22(28)25-24(27)30)15-18-8-11-21(17(2)14-18)26-12-4-3-5-13-26/h6-11,14-15H,3-5,12-13H2,1-2H3,(H,25,28,30)/b20-15+. The van der Waals surface area contributed by atoms with Crippen molar-refractivity contribution in [3.63, 3.8) is 0 Å². The molecular weight excluding hydrogens is 378 g/mol. The molecule has 4 amide bonds. The minimum absolute atomic E-state index is 0.0553. The second-order valence-electron chi connectivity index (χ2n) is 7.89. The van der Waals surface area contributed by atoms with Gasteiger partial charge in [-0.1, -0.05) is 23.8 Å². The van der Waals surface area contributed by atoms with Crippen molar-refractivity contribution in [2.45, 2.75) is 33.1 Å². The highest BCUT2D eigenvalue weighted by molar-refractivity contribution is 6.39. The van der Waals surface area contributed by atoms with E-state index in [0.717, 1.165) is 34.7 Å². The van der Waals surface area contributed by atoms with Crippen LogP contribution in [0.1, 0.15) is 36.0 Å². The van der Waals surface area contributed by atoms with Gasteiger partial charge in [0.05, 0.1) is 5.69 Å². The maximum Gasteiger partial charge on any atom is 0.335 e. The summed E-state index contributed by atoms with van der Waals surface area (Å²) in [7, 11) is 0. The molecule has 0 aliphatic carbocycles. The number of hydrogen-bond acceptors (Lipinski definition) is 4. The molecule has 0 spiro atoms. The number of benzene rings is 2. The lowest BCUT2D eigenvalue weighted by Gasteiger charge is -2.30. The van der Waals surface area contributed by atoms with Gasteiger partial charge in [-0.3, -0.25) is 14.9 Å². The first-order valence-electron chi connectivity index (χ1n) is 10.3. The molecule has 0 aromatic heterocycles. The number of urea groups is 1. The van der Waals surface area contributed by atoms with Crippen LogP contribution in [0.25, 0.3) is 6.08 Å². The average Bonchev–Trinajstić information content (AvgIpc) is 2.73. The SMILES string of the molecule is Cc1ccc(N2C(=O)NC(=O)/C(=C\c3ccc(N4CCCCC4)c(C)c3)C2=O)cc1. The molecule has 2 heterocycles. The number of rotatable bonds is 3. The fraction of sp³-hybridized carbons (Fsp3) is 0.292. The molecule has 0 atom stereocenters. The summed E-state index contributed by atoms with van der Waals surface area (Å²) in [4.78, 5) is 41.1. The van der Waals surface area contributed by atoms with E-state index in [0.29, 0.717) is 5.69 Å². The topological polar surface area (TPSA) is 69.7 Å². The largest absolute Gasteiger partial charge is 0.371 e. The minimum Gasteiger partial charge on any atom is -0.371 e. The molecule has 0 radical (unpaired) electrons. The summed E-state index contributed by atoms with van der Waals surface area (Å²) in [5, 5.41) is 2.27. The Kier molecular flexibility index (Phi) is 5.40. The highest BCUT2D eigenvalue weighted by Gasteiger charge is 2.36. The summed E-state index contributed by atoms with van der Waals surface area (Å²) in [5.41, 5.74) is 4.43. The molecule has 6 nitrogen and oxygen atoms in total. The first-order chi connectivity index (χ1) is 14.4. The molecule has 2 aliphatic heterocycles. The summed E-state index contributed by atoms with van der Waals surface area (Å²) in [6.45, 7) is 6.06. The Balaban J connectivity index is 1.64. The molecule has 2 aromatic carbocycles. The molecule has 4 rings (SSSR count). The number of nitrogens with zero attached hydrogens (tertiary/aromatic N) is 2. The summed E-state index contributed by atoms with van der Waals surface area (Å²) in [5.74, 6) is -1.29. The maximum absolute atomic E-state index is 13.0. The molecule has 2 aromatic rings. The fourth-order valence-corrected chi connectivity index (χ4v) is 4.01. The lowest BCUT2D eigenvalue weighted by atomic mass is 10.0. The number of barbiturate groups is 1. The van der Waals surface area contributed by atoms with Crippen molar-refractivity contribution in [2.24, 2.45) is 0 Å². The van der Waals surface area contributed by atoms with Crippen molar-refractivity contribution in [1.82, 2.24) is 5.32 Å². The Hall–Kier alpha value is -3.41. The first kappa shape index (κ1) is 19.9. The third kappa shape index (κ3) is 3.85. The molecule has 0 unspecified atom stereocenters. The van der Waals surface area contributed by atoms with Gasteiger partial charge in [0, 0.05) is 18.8 Å². The third-order valence-electron chi connectivity index (χ3n) is 5.62. The molecule has 6 heteroatoms. The van der Waals surface area contributed by atoms with Crippen molar-refractivity contribution in [1.29, 1.82) is 0 Å². The quantitative estimate of drug-likeness (QED) is 0.622. The van der Waals surface area contributed by atoms with E-state index in [9.17, 15) is 14.4 Å². The second-order valence-corrected chi connectivity index (χ2v) is 7.89. The van der Waals surface area contributed by atoms with Crippen LogP contribution in [0.3, 0.4) is 0 Å². The predicted octanol–water partition coefficient (Wildman–Crippen LogP) is 3.96. The van der Waals surface area contributed by atoms with Gasteiger partial charge in [0.25, 0.3) is 11.8 Å². The van der Waals surface area contributed by atoms with E-state index < -0.39 is 17.8 Å². The second kappa shape index (κ2) is 8.14. The molecule has 2 fully saturated rings. The fourth-order valence-electron chi connectivity index (χ4n) is 4.01. The van der Waals surface area contributed by atoms with Gasteiger partial charge in [-0.25, -0.2) is 9.69 Å². The van der Waals surface area contributed by atoms with E-state index in [2.05, 4.69) is 10.2 Å². The number of imide groups is 2. The van der Waals surface area contributed by atoms with Gasteiger partial charge in [-0.2, -0.15) is 0 Å². The smallest absolute Gasteiger partial charge is 0.335 e. The van der Waals surface area contributed by atoms with E-state index in [1.54, 1.807) is 18.2 Å². The maximum atomic E-state index is 13.0. The Morgan fingerprint density at radius 2 is 1.60 bits per heavy atom. The number of carbonyl (C=O) groups excluding carboxylic acids is 3. The third-order valence-corrected chi connectivity index (χ3v) is 5.62. The molecule has 30 heavy (non-hydrogen) atoms. The summed E-state index contributed by atoms with van der Waals surface area (Å²) in [6, 6.07) is 12.2. The number of nitrogens with one attached hydrogen (secondary N) is 1. The van der Waals surface area contributed by atoms with Gasteiger partial charge in [0.1, 0.15) is 5.57 Å². The first-order valence-corrected chi connectivity index (χ1v) is 10.3. The number of hydrogen-bond donors (Lipinski definition) is 1. The molecule has 154 valence electrons. The van der Waals surface area contributed by atoms with Gasteiger partial charge in [0.2, 0.25) is 0 Å². The number of carbonyl (C=O) groups is 3. The van der Waals surface area contributed by atoms with Crippen LogP contribution in [0.5, 0.6) is 0 Å². The highest BCUT2D eigenvalue weighted by Crippen LogP contribution is 2.27. The van der Waals surface area contributed by atoms with Gasteiger partial charge in [-0.05, 0) is 74.6 Å². The minimum atomic E-state index is -0.734. The van der Waals surface area contributed by atoms with Crippen molar-refractivity contribution < 1.29 is 14.4 Å². The Labute approximate surface area is 176 Å². The molecular formula is C24H25N3O3. The van der Waals surface area contributed by atoms with Crippen molar-refractivity contribution in [2.75, 3.05) is 22.9 Å². The van der Waals surface area contributed by atoms with Crippen LogP contribution in [0.2, 0.25) is 0 Å². The Morgan fingerprint density at radius 3 is 2.27 bits per heavy atom. The Morgan fingerprint density at radius 1 is 0.900 bits per heavy atom. The predicted molar refractivity (Wildman–Crippen MR) is 117 cm³/mol. The lowest BCUT2D eigenvalue weighted by molar-refractivity contribution is -0.122. The van der Waals surface area contributed by atoms with E-state index >= 15 is 0 Å². The molecule has 2 aliphatic rings. The molecule has 0 bridgehead atoms. The van der Waals surface area contributed by atoms with Crippen LogP contribution in [0.4, 0.5) is 16.2 Å². The monoisotopic (exact) mass is 403 g/mol. The number of aryl methyl sites for hydroxylation is 2. The normalized spacial score (nSPS) is 18.7. The highest BCUT2D eigenvalue weighted by atomic mass is 16.2. The Bertz CT molecular complexity index is 1030. The number of anilines is 2. The van der Waals surface area contributed by atoms with Gasteiger partial charge in [-0.15, -0.1) is 0 Å². The van der Waals surface area contributed by atoms with E-state index in [-0.39, 0.29) is 5.57 Å². The van der Waals surface area contributed by atoms with E-state index in [1.165, 1.54) is 24.9 Å². The summed E-state index contributed by atoms with van der Waals surface area (Å²) < 4.78 is 0. The van der Waals surface area contributed by atoms with E-state index in [1.807, 2.05) is 44.2 Å². The van der Waals surface area contributed by atoms with Crippen LogP contribution < -0.4 is 15.1 Å². The molecule has 1 N–H and O–H groups in total. The lowest BCUT2D eigenvalue weighted by Crippen LogP contribution is -2.54. The number of amides is 4. The van der Waals surface area contributed by atoms with Gasteiger partial charge in [0.15, 0.2) is 0 Å². The van der Waals surface area contributed by atoms with Crippen LogP contribution in [0, 0.1) is 13.8 Å². The van der Waals surface area contributed by atoms with Crippen LogP contribution in [0.15, 0.2) is 48.0 Å².